The Morgan fingerprint density at radius 1 is 1.11 bits per heavy atom. The number of aromatic nitrogens is 2. The first-order chi connectivity index (χ1) is 9.00. The van der Waals surface area contributed by atoms with Gasteiger partial charge in [0.25, 0.3) is 0 Å². The van der Waals surface area contributed by atoms with E-state index in [1.807, 2.05) is 12.1 Å². The monoisotopic (exact) mass is 260 g/mol. The fourth-order valence-electron chi connectivity index (χ4n) is 1.81. The maximum Gasteiger partial charge on any atom is 0.247 e. The molecule has 0 unspecified atom stereocenters. The lowest BCUT2D eigenvalue weighted by molar-refractivity contribution is 0.283. The maximum absolute atomic E-state index is 8.77. The third-order valence-corrected chi connectivity index (χ3v) is 3.01. The van der Waals surface area contributed by atoms with Gasteiger partial charge >= 0.3 is 0 Å². The molecular weight excluding hydrogens is 240 g/mol. The second kappa shape index (κ2) is 5.53. The Bertz CT molecular complexity index is 524. The fourth-order valence-corrected chi connectivity index (χ4v) is 1.81. The van der Waals surface area contributed by atoms with Crippen molar-refractivity contribution in [3.05, 3.63) is 35.7 Å². The molecule has 0 atom stereocenters. The van der Waals surface area contributed by atoms with Crippen LogP contribution in [0.4, 0.5) is 0 Å². The van der Waals surface area contributed by atoms with Crippen molar-refractivity contribution in [1.29, 1.82) is 0 Å². The Morgan fingerprint density at radius 3 is 2.37 bits per heavy atom. The first-order valence-electron chi connectivity index (χ1n) is 6.55. The molecule has 0 saturated heterocycles. The molecule has 0 aliphatic heterocycles. The largest absolute Gasteiger partial charge is 0.421 e. The molecule has 102 valence electrons. The smallest absolute Gasteiger partial charge is 0.247 e. The SMILES string of the molecule is CC(C)(C)c1ccc(-c2nnc(CCCO)o2)cc1. The number of aliphatic hydroxyl groups is 1. The molecule has 2 aromatic rings. The van der Waals surface area contributed by atoms with Crippen molar-refractivity contribution in [3.63, 3.8) is 0 Å². The zero-order valence-corrected chi connectivity index (χ0v) is 11.7. The molecule has 0 aliphatic carbocycles. The molecule has 1 aromatic carbocycles. The van der Waals surface area contributed by atoms with Crippen LogP contribution < -0.4 is 0 Å². The minimum absolute atomic E-state index is 0.137. The summed E-state index contributed by atoms with van der Waals surface area (Å²) in [5.41, 5.74) is 2.34. The zero-order chi connectivity index (χ0) is 13.9. The van der Waals surface area contributed by atoms with E-state index in [0.717, 1.165) is 5.56 Å². The van der Waals surface area contributed by atoms with Crippen molar-refractivity contribution in [3.8, 4) is 11.5 Å². The topological polar surface area (TPSA) is 59.2 Å². The molecule has 0 saturated carbocycles. The van der Waals surface area contributed by atoms with Crippen molar-refractivity contribution in [1.82, 2.24) is 10.2 Å². The quantitative estimate of drug-likeness (QED) is 0.918. The van der Waals surface area contributed by atoms with Gasteiger partial charge in [0.2, 0.25) is 11.8 Å². The third-order valence-electron chi connectivity index (χ3n) is 3.01. The van der Waals surface area contributed by atoms with Crippen LogP contribution in [0.3, 0.4) is 0 Å². The molecule has 0 fully saturated rings. The number of hydrogen-bond donors (Lipinski definition) is 1. The zero-order valence-electron chi connectivity index (χ0n) is 11.7. The molecule has 4 heteroatoms. The van der Waals surface area contributed by atoms with Gasteiger partial charge in [-0.2, -0.15) is 0 Å². The number of aryl methyl sites for hydroxylation is 1. The van der Waals surface area contributed by atoms with Gasteiger partial charge in [-0.05, 0) is 29.5 Å². The Balaban J connectivity index is 2.16. The predicted octanol–water partition coefficient (Wildman–Crippen LogP) is 2.96. The molecule has 1 heterocycles. The summed E-state index contributed by atoms with van der Waals surface area (Å²) in [5.74, 6) is 1.11. The van der Waals surface area contributed by atoms with Gasteiger partial charge in [-0.1, -0.05) is 32.9 Å². The molecular formula is C15H20N2O2. The van der Waals surface area contributed by atoms with Crippen LogP contribution in [0.2, 0.25) is 0 Å². The van der Waals surface area contributed by atoms with Gasteiger partial charge in [-0.25, -0.2) is 0 Å². The highest BCUT2D eigenvalue weighted by atomic mass is 16.4. The highest BCUT2D eigenvalue weighted by Gasteiger charge is 2.14. The predicted molar refractivity (Wildman–Crippen MR) is 73.8 cm³/mol. The molecule has 0 bridgehead atoms. The lowest BCUT2D eigenvalue weighted by Crippen LogP contribution is -2.10. The van der Waals surface area contributed by atoms with Crippen molar-refractivity contribution in [2.24, 2.45) is 0 Å². The van der Waals surface area contributed by atoms with Crippen LogP contribution in [0.5, 0.6) is 0 Å². The molecule has 0 spiro atoms. The average Bonchev–Trinajstić information content (AvgIpc) is 2.84. The Kier molecular flexibility index (Phi) is 4.00. The van der Waals surface area contributed by atoms with E-state index >= 15 is 0 Å². The van der Waals surface area contributed by atoms with Crippen molar-refractivity contribution in [2.75, 3.05) is 6.61 Å². The Morgan fingerprint density at radius 2 is 1.79 bits per heavy atom. The van der Waals surface area contributed by atoms with Crippen LogP contribution >= 0.6 is 0 Å². The summed E-state index contributed by atoms with van der Waals surface area (Å²) < 4.78 is 5.56. The molecule has 0 amide bonds. The minimum atomic E-state index is 0.137. The van der Waals surface area contributed by atoms with E-state index in [2.05, 4.69) is 43.1 Å². The van der Waals surface area contributed by atoms with E-state index in [1.165, 1.54) is 5.56 Å². The molecule has 19 heavy (non-hydrogen) atoms. The second-order valence-electron chi connectivity index (χ2n) is 5.66. The summed E-state index contributed by atoms with van der Waals surface area (Å²) in [5, 5.41) is 16.8. The van der Waals surface area contributed by atoms with Gasteiger partial charge in [0.05, 0.1) is 0 Å². The Hall–Kier alpha value is -1.68. The van der Waals surface area contributed by atoms with Gasteiger partial charge in [-0.15, -0.1) is 10.2 Å². The van der Waals surface area contributed by atoms with Crippen molar-refractivity contribution >= 4 is 0 Å². The summed E-state index contributed by atoms with van der Waals surface area (Å²) in [4.78, 5) is 0. The third kappa shape index (κ3) is 3.41. The molecule has 2 rings (SSSR count). The summed E-state index contributed by atoms with van der Waals surface area (Å²) in [7, 11) is 0. The molecule has 1 N–H and O–H groups in total. The molecule has 1 aromatic heterocycles. The molecule has 0 aliphatic rings. The standard InChI is InChI=1S/C15H20N2O2/c1-15(2,3)12-8-6-11(7-9-12)14-17-16-13(19-14)5-4-10-18/h6-9,18H,4-5,10H2,1-3H3. The molecule has 0 radical (unpaired) electrons. The lowest BCUT2D eigenvalue weighted by atomic mass is 9.87. The van der Waals surface area contributed by atoms with E-state index in [4.69, 9.17) is 9.52 Å². The first-order valence-corrected chi connectivity index (χ1v) is 6.55. The van der Waals surface area contributed by atoms with Crippen LogP contribution in [0, 0.1) is 0 Å². The number of rotatable bonds is 4. The van der Waals surface area contributed by atoms with E-state index in [9.17, 15) is 0 Å². The van der Waals surface area contributed by atoms with Crippen LogP contribution in [0.25, 0.3) is 11.5 Å². The van der Waals surface area contributed by atoms with Gasteiger partial charge in [0, 0.05) is 18.6 Å². The van der Waals surface area contributed by atoms with Crippen LogP contribution in [0.1, 0.15) is 38.6 Å². The summed E-state index contributed by atoms with van der Waals surface area (Å²) in [6.07, 6.45) is 1.26. The average molecular weight is 260 g/mol. The van der Waals surface area contributed by atoms with Crippen LogP contribution in [-0.4, -0.2) is 21.9 Å². The fraction of sp³-hybridized carbons (Fsp3) is 0.467. The maximum atomic E-state index is 8.77. The Labute approximate surface area is 113 Å². The van der Waals surface area contributed by atoms with Crippen molar-refractivity contribution < 1.29 is 9.52 Å². The number of hydrogen-bond acceptors (Lipinski definition) is 4. The van der Waals surface area contributed by atoms with E-state index in [1.54, 1.807) is 0 Å². The summed E-state index contributed by atoms with van der Waals surface area (Å²) in [6, 6.07) is 8.19. The number of nitrogens with zero attached hydrogens (tertiary/aromatic N) is 2. The number of aliphatic hydroxyl groups excluding tert-OH is 1. The lowest BCUT2D eigenvalue weighted by Gasteiger charge is -2.18. The van der Waals surface area contributed by atoms with Crippen molar-refractivity contribution in [2.45, 2.75) is 39.0 Å². The highest BCUT2D eigenvalue weighted by molar-refractivity contribution is 5.53. The highest BCUT2D eigenvalue weighted by Crippen LogP contribution is 2.25. The van der Waals surface area contributed by atoms with Gasteiger partial charge in [-0.3, -0.25) is 0 Å². The first kappa shape index (κ1) is 13.7. The van der Waals surface area contributed by atoms with E-state index in [-0.39, 0.29) is 12.0 Å². The van der Waals surface area contributed by atoms with E-state index in [0.29, 0.717) is 24.6 Å². The van der Waals surface area contributed by atoms with Gasteiger partial charge < -0.3 is 9.52 Å². The van der Waals surface area contributed by atoms with Gasteiger partial charge in [0.1, 0.15) is 0 Å². The molecule has 4 nitrogen and oxygen atoms in total. The summed E-state index contributed by atoms with van der Waals surface area (Å²) >= 11 is 0. The second-order valence-corrected chi connectivity index (χ2v) is 5.66. The normalized spacial score (nSPS) is 11.8. The summed E-state index contributed by atoms with van der Waals surface area (Å²) in [6.45, 7) is 6.68. The van der Waals surface area contributed by atoms with E-state index < -0.39 is 0 Å². The van der Waals surface area contributed by atoms with Crippen LogP contribution in [0.15, 0.2) is 28.7 Å². The number of benzene rings is 1. The van der Waals surface area contributed by atoms with Crippen LogP contribution in [-0.2, 0) is 11.8 Å². The minimum Gasteiger partial charge on any atom is -0.421 e. The van der Waals surface area contributed by atoms with Gasteiger partial charge in [0.15, 0.2) is 0 Å².